The fourth-order valence-corrected chi connectivity index (χ4v) is 3.73. The second-order valence-electron chi connectivity index (χ2n) is 7.03. The highest BCUT2D eigenvalue weighted by Gasteiger charge is 2.31. The van der Waals surface area contributed by atoms with Crippen molar-refractivity contribution < 1.29 is 14.3 Å². The van der Waals surface area contributed by atoms with E-state index >= 15 is 0 Å². The van der Waals surface area contributed by atoms with Crippen LogP contribution < -0.4 is 4.90 Å². The molecule has 2 saturated heterocycles. The molecule has 0 N–H and O–H groups in total. The number of carbonyl (C=O) groups is 1. The number of amides is 1. The molecule has 6 heteroatoms. The Labute approximate surface area is 159 Å². The Balaban J connectivity index is 1.57. The van der Waals surface area contributed by atoms with Gasteiger partial charge in [0.15, 0.2) is 0 Å². The quantitative estimate of drug-likeness (QED) is 0.834. The summed E-state index contributed by atoms with van der Waals surface area (Å²) in [5.41, 5.74) is 1.75. The molecule has 2 fully saturated rings. The van der Waals surface area contributed by atoms with E-state index in [4.69, 9.17) is 9.47 Å². The van der Waals surface area contributed by atoms with Crippen LogP contribution in [-0.4, -0.2) is 61.3 Å². The summed E-state index contributed by atoms with van der Waals surface area (Å²) in [5.74, 6) is 0.766. The monoisotopic (exact) mass is 367 g/mol. The van der Waals surface area contributed by atoms with Crippen LogP contribution >= 0.6 is 0 Å². The lowest BCUT2D eigenvalue weighted by molar-refractivity contribution is -0.0691. The van der Waals surface area contributed by atoms with Gasteiger partial charge in [0.05, 0.1) is 31.4 Å². The van der Waals surface area contributed by atoms with E-state index in [0.717, 1.165) is 24.5 Å². The van der Waals surface area contributed by atoms with Gasteiger partial charge in [-0.15, -0.1) is 0 Å². The van der Waals surface area contributed by atoms with Crippen molar-refractivity contribution in [2.45, 2.75) is 19.1 Å². The first-order chi connectivity index (χ1) is 13.2. The van der Waals surface area contributed by atoms with Gasteiger partial charge in [0.25, 0.3) is 5.91 Å². The van der Waals surface area contributed by atoms with Crippen LogP contribution in [0.25, 0.3) is 0 Å². The number of aromatic nitrogens is 1. The largest absolute Gasteiger partial charge is 0.378 e. The van der Waals surface area contributed by atoms with Crippen LogP contribution in [0, 0.1) is 0 Å². The van der Waals surface area contributed by atoms with Crippen molar-refractivity contribution in [1.82, 2.24) is 9.88 Å². The summed E-state index contributed by atoms with van der Waals surface area (Å²) in [6.45, 7) is 5.97. The molecule has 27 heavy (non-hydrogen) atoms. The Morgan fingerprint density at radius 3 is 2.63 bits per heavy atom. The Bertz CT molecular complexity index is 777. The molecule has 2 aliphatic rings. The third-order valence-electron chi connectivity index (χ3n) is 5.05. The van der Waals surface area contributed by atoms with Gasteiger partial charge >= 0.3 is 0 Å². The van der Waals surface area contributed by atoms with Crippen molar-refractivity contribution in [3.63, 3.8) is 0 Å². The number of nitrogens with zero attached hydrogens (tertiary/aromatic N) is 3. The summed E-state index contributed by atoms with van der Waals surface area (Å²) in [6, 6.07) is 13.8. The molecule has 0 saturated carbocycles. The summed E-state index contributed by atoms with van der Waals surface area (Å²) in [4.78, 5) is 21.9. The molecule has 0 radical (unpaired) electrons. The Hall–Kier alpha value is -2.44. The number of carbonyl (C=O) groups excluding carboxylic acids is 1. The minimum Gasteiger partial charge on any atom is -0.378 e. The van der Waals surface area contributed by atoms with Crippen LogP contribution in [0.4, 0.5) is 5.82 Å². The first kappa shape index (κ1) is 17.9. The van der Waals surface area contributed by atoms with E-state index in [0.29, 0.717) is 31.9 Å². The summed E-state index contributed by atoms with van der Waals surface area (Å²) in [7, 11) is 0. The number of benzene rings is 1. The summed E-state index contributed by atoms with van der Waals surface area (Å²) < 4.78 is 11.5. The molecular weight excluding hydrogens is 342 g/mol. The summed E-state index contributed by atoms with van der Waals surface area (Å²) >= 11 is 0. The zero-order chi connectivity index (χ0) is 18.6. The third-order valence-corrected chi connectivity index (χ3v) is 5.05. The normalized spacial score (nSPS) is 23.3. The SMILES string of the molecule is C[C@@H]1CN(C(=O)c2cccnc2N2CCOCC2)C[C@H](c2ccccc2)O1. The predicted molar refractivity (Wildman–Crippen MR) is 103 cm³/mol. The Kier molecular flexibility index (Phi) is 5.36. The predicted octanol–water partition coefficient (Wildman–Crippen LogP) is 2.52. The molecule has 2 aliphatic heterocycles. The highest BCUT2D eigenvalue weighted by atomic mass is 16.5. The molecule has 2 aromatic rings. The Morgan fingerprint density at radius 2 is 1.85 bits per heavy atom. The van der Waals surface area contributed by atoms with Gasteiger partial charge in [0.1, 0.15) is 11.9 Å². The highest BCUT2D eigenvalue weighted by Crippen LogP contribution is 2.28. The van der Waals surface area contributed by atoms with Crippen LogP contribution in [0.15, 0.2) is 48.7 Å². The molecule has 0 spiro atoms. The van der Waals surface area contributed by atoms with E-state index in [1.165, 1.54) is 0 Å². The molecule has 1 amide bonds. The minimum atomic E-state index is -0.109. The van der Waals surface area contributed by atoms with E-state index in [1.807, 2.05) is 42.2 Å². The average molecular weight is 367 g/mol. The van der Waals surface area contributed by atoms with Gasteiger partial charge in [-0.1, -0.05) is 30.3 Å². The van der Waals surface area contributed by atoms with E-state index in [9.17, 15) is 4.79 Å². The van der Waals surface area contributed by atoms with Crippen molar-refractivity contribution in [3.05, 3.63) is 59.8 Å². The zero-order valence-electron chi connectivity index (χ0n) is 15.6. The molecule has 142 valence electrons. The number of pyridine rings is 1. The molecule has 1 aromatic heterocycles. The lowest BCUT2D eigenvalue weighted by Gasteiger charge is -2.38. The van der Waals surface area contributed by atoms with Crippen LogP contribution in [0.2, 0.25) is 0 Å². The van der Waals surface area contributed by atoms with Crippen molar-refractivity contribution in [2.75, 3.05) is 44.3 Å². The first-order valence-electron chi connectivity index (χ1n) is 9.50. The minimum absolute atomic E-state index is 0.0145. The van der Waals surface area contributed by atoms with Crippen molar-refractivity contribution in [2.24, 2.45) is 0 Å². The standard InChI is InChI=1S/C21H25N3O3/c1-16-14-24(15-19(27-16)17-6-3-2-4-7-17)21(25)18-8-5-9-22-20(18)23-10-12-26-13-11-23/h2-9,16,19H,10-15H2,1H3/t16-,19-/m1/s1. The molecule has 2 atom stereocenters. The number of anilines is 1. The number of hydrogen-bond donors (Lipinski definition) is 0. The Morgan fingerprint density at radius 1 is 1.07 bits per heavy atom. The van der Waals surface area contributed by atoms with E-state index in [-0.39, 0.29) is 18.1 Å². The van der Waals surface area contributed by atoms with Gasteiger partial charge < -0.3 is 19.3 Å². The second-order valence-corrected chi connectivity index (χ2v) is 7.03. The molecule has 6 nitrogen and oxygen atoms in total. The molecule has 0 unspecified atom stereocenters. The van der Waals surface area contributed by atoms with Crippen molar-refractivity contribution in [1.29, 1.82) is 0 Å². The van der Waals surface area contributed by atoms with Crippen LogP contribution in [0.3, 0.4) is 0 Å². The smallest absolute Gasteiger partial charge is 0.257 e. The van der Waals surface area contributed by atoms with Gasteiger partial charge in [-0.05, 0) is 24.6 Å². The van der Waals surface area contributed by atoms with Gasteiger partial charge in [-0.2, -0.15) is 0 Å². The highest BCUT2D eigenvalue weighted by molar-refractivity contribution is 5.99. The lowest BCUT2D eigenvalue weighted by Crippen LogP contribution is -2.46. The maximum Gasteiger partial charge on any atom is 0.257 e. The average Bonchev–Trinajstić information content (AvgIpc) is 2.74. The van der Waals surface area contributed by atoms with Gasteiger partial charge in [-0.3, -0.25) is 4.79 Å². The third kappa shape index (κ3) is 3.96. The molecule has 0 aliphatic carbocycles. The van der Waals surface area contributed by atoms with Crippen LogP contribution in [-0.2, 0) is 9.47 Å². The maximum atomic E-state index is 13.4. The van der Waals surface area contributed by atoms with Crippen molar-refractivity contribution >= 4 is 11.7 Å². The van der Waals surface area contributed by atoms with Crippen molar-refractivity contribution in [3.8, 4) is 0 Å². The summed E-state index contributed by atoms with van der Waals surface area (Å²) in [6.07, 6.45) is 1.62. The molecule has 4 rings (SSSR count). The van der Waals surface area contributed by atoms with E-state index < -0.39 is 0 Å². The molecule has 0 bridgehead atoms. The van der Waals surface area contributed by atoms with Gasteiger partial charge in [-0.25, -0.2) is 4.98 Å². The van der Waals surface area contributed by atoms with Crippen LogP contribution in [0.1, 0.15) is 28.9 Å². The second kappa shape index (κ2) is 8.06. The molecule has 3 heterocycles. The maximum absolute atomic E-state index is 13.4. The van der Waals surface area contributed by atoms with Gasteiger partial charge in [0.2, 0.25) is 0 Å². The molecule has 1 aromatic carbocycles. The zero-order valence-corrected chi connectivity index (χ0v) is 15.6. The van der Waals surface area contributed by atoms with Crippen LogP contribution in [0.5, 0.6) is 0 Å². The van der Waals surface area contributed by atoms with Gasteiger partial charge in [0, 0.05) is 25.8 Å². The lowest BCUT2D eigenvalue weighted by atomic mass is 10.1. The fourth-order valence-electron chi connectivity index (χ4n) is 3.73. The number of hydrogen-bond acceptors (Lipinski definition) is 5. The molecular formula is C21H25N3O3. The fraction of sp³-hybridized carbons (Fsp3) is 0.429. The van der Waals surface area contributed by atoms with E-state index in [1.54, 1.807) is 6.20 Å². The van der Waals surface area contributed by atoms with E-state index in [2.05, 4.69) is 22.0 Å². The summed E-state index contributed by atoms with van der Waals surface area (Å²) in [5, 5.41) is 0. The number of ether oxygens (including phenoxy) is 2. The first-order valence-corrected chi connectivity index (χ1v) is 9.50. The topological polar surface area (TPSA) is 54.9 Å². The number of morpholine rings is 2. The number of rotatable bonds is 3.